The minimum absolute atomic E-state index is 0.0208. The smallest absolute Gasteiger partial charge is 0.263 e. The van der Waals surface area contributed by atoms with E-state index in [0.717, 1.165) is 39.7 Å². The molecular formula is C23H22ClN3O2S2. The van der Waals surface area contributed by atoms with Gasteiger partial charge in [0.05, 0.1) is 20.8 Å². The molecule has 2 fully saturated rings. The number of halogens is 1. The number of carbonyl (C=O) groups excluding carboxylic acids is 2. The van der Waals surface area contributed by atoms with Crippen molar-refractivity contribution in [3.63, 3.8) is 0 Å². The molecule has 0 aliphatic carbocycles. The predicted molar refractivity (Wildman–Crippen MR) is 125 cm³/mol. The van der Waals surface area contributed by atoms with Crippen molar-refractivity contribution in [3.8, 4) is 10.4 Å². The first-order chi connectivity index (χ1) is 15.1. The van der Waals surface area contributed by atoms with Gasteiger partial charge in [0.25, 0.3) is 5.91 Å². The first-order valence-electron chi connectivity index (χ1n) is 10.4. The molecule has 0 spiro atoms. The first-order valence-corrected chi connectivity index (χ1v) is 12.4. The maximum Gasteiger partial charge on any atom is 0.263 e. The minimum Gasteiger partial charge on any atom is -0.336 e. The summed E-state index contributed by atoms with van der Waals surface area (Å²) in [5.74, 6) is 0.545. The highest BCUT2D eigenvalue weighted by molar-refractivity contribution is 7.15. The Morgan fingerprint density at radius 2 is 2.06 bits per heavy atom. The highest BCUT2D eigenvalue weighted by Gasteiger charge is 2.35. The third-order valence-electron chi connectivity index (χ3n) is 5.82. The third kappa shape index (κ3) is 4.46. The van der Waals surface area contributed by atoms with Crippen LogP contribution in [0.5, 0.6) is 0 Å². The Morgan fingerprint density at radius 3 is 2.84 bits per heavy atom. The van der Waals surface area contributed by atoms with Crippen LogP contribution in [0.1, 0.15) is 38.3 Å². The van der Waals surface area contributed by atoms with Crippen LogP contribution in [0, 0.1) is 0 Å². The Kier molecular flexibility index (Phi) is 5.93. The number of rotatable bonds is 6. The van der Waals surface area contributed by atoms with E-state index in [1.807, 2.05) is 47.5 Å². The van der Waals surface area contributed by atoms with Crippen LogP contribution in [0.3, 0.4) is 0 Å². The van der Waals surface area contributed by atoms with Crippen LogP contribution >= 0.6 is 34.3 Å². The van der Waals surface area contributed by atoms with Crippen LogP contribution < -0.4 is 5.32 Å². The number of benzene rings is 1. The Morgan fingerprint density at radius 1 is 1.19 bits per heavy atom. The Bertz CT molecular complexity index is 1110. The highest BCUT2D eigenvalue weighted by atomic mass is 35.5. The number of likely N-dealkylation sites (tertiary alicyclic amines) is 1. The van der Waals surface area contributed by atoms with Crippen molar-refractivity contribution in [2.24, 2.45) is 0 Å². The molecular weight excluding hydrogens is 450 g/mol. The molecule has 0 bridgehead atoms. The van der Waals surface area contributed by atoms with Gasteiger partial charge in [-0.15, -0.1) is 22.7 Å². The van der Waals surface area contributed by atoms with E-state index in [1.165, 1.54) is 11.3 Å². The molecule has 1 atom stereocenters. The summed E-state index contributed by atoms with van der Waals surface area (Å²) >= 11 is 9.20. The summed E-state index contributed by atoms with van der Waals surface area (Å²) in [4.78, 5) is 34.4. The van der Waals surface area contributed by atoms with E-state index in [4.69, 9.17) is 11.6 Å². The molecule has 5 rings (SSSR count). The maximum absolute atomic E-state index is 12.8. The molecule has 1 N–H and O–H groups in total. The summed E-state index contributed by atoms with van der Waals surface area (Å²) < 4.78 is 0. The van der Waals surface area contributed by atoms with Gasteiger partial charge in [0.15, 0.2) is 5.78 Å². The quantitative estimate of drug-likeness (QED) is 0.569. The number of thiophene rings is 1. The average Bonchev–Trinajstić information content (AvgIpc) is 3.48. The largest absolute Gasteiger partial charge is 0.336 e. The van der Waals surface area contributed by atoms with Gasteiger partial charge in [-0.2, -0.15) is 0 Å². The van der Waals surface area contributed by atoms with E-state index in [1.54, 1.807) is 11.3 Å². The van der Waals surface area contributed by atoms with Crippen molar-refractivity contribution in [2.75, 3.05) is 19.6 Å². The second-order valence-electron chi connectivity index (χ2n) is 8.04. The van der Waals surface area contributed by atoms with Crippen LogP contribution in [0.2, 0.25) is 5.02 Å². The third-order valence-corrected chi connectivity index (χ3v) is 8.34. The van der Waals surface area contributed by atoms with Gasteiger partial charge in [-0.05, 0) is 49.2 Å². The molecule has 1 amide bonds. The van der Waals surface area contributed by atoms with Crippen molar-refractivity contribution in [2.45, 2.75) is 31.2 Å². The molecule has 0 radical (unpaired) electrons. The van der Waals surface area contributed by atoms with Crippen molar-refractivity contribution >= 4 is 46.0 Å². The summed E-state index contributed by atoms with van der Waals surface area (Å²) in [6.45, 7) is 2.28. The SMILES string of the molecule is O=C(Cc1ccc(C(=O)N2CC(c3ncc(-c4cccc(Cl)c4)s3)C2)s1)[C@@H]1CCCN1. The number of Topliss-reactive ketones (excluding diaryl/α,β-unsaturated/α-hetero) is 1. The molecule has 2 aliphatic heterocycles. The Labute approximate surface area is 194 Å². The molecule has 1 aromatic carbocycles. The fourth-order valence-corrected chi connectivity index (χ4v) is 6.22. The summed E-state index contributed by atoms with van der Waals surface area (Å²) in [7, 11) is 0. The van der Waals surface area contributed by atoms with Crippen LogP contribution in [-0.2, 0) is 11.2 Å². The summed E-state index contributed by atoms with van der Waals surface area (Å²) in [5, 5.41) is 5.01. The van der Waals surface area contributed by atoms with E-state index in [2.05, 4.69) is 10.3 Å². The van der Waals surface area contributed by atoms with Gasteiger partial charge < -0.3 is 10.2 Å². The van der Waals surface area contributed by atoms with E-state index in [0.29, 0.717) is 29.4 Å². The zero-order chi connectivity index (χ0) is 21.4. The number of ketones is 1. The number of amides is 1. The number of thiazole rings is 1. The van der Waals surface area contributed by atoms with Gasteiger partial charge >= 0.3 is 0 Å². The number of nitrogens with zero attached hydrogens (tertiary/aromatic N) is 2. The van der Waals surface area contributed by atoms with Crippen molar-refractivity contribution < 1.29 is 9.59 Å². The first kappa shape index (κ1) is 20.8. The number of aromatic nitrogens is 1. The van der Waals surface area contributed by atoms with E-state index < -0.39 is 0 Å². The number of hydrogen-bond donors (Lipinski definition) is 1. The van der Waals surface area contributed by atoms with Crippen LogP contribution in [0.25, 0.3) is 10.4 Å². The number of carbonyl (C=O) groups is 2. The lowest BCUT2D eigenvalue weighted by molar-refractivity contribution is -0.120. The van der Waals surface area contributed by atoms with Gasteiger partial charge in [0.2, 0.25) is 0 Å². The molecule has 31 heavy (non-hydrogen) atoms. The fourth-order valence-electron chi connectivity index (χ4n) is 4.05. The van der Waals surface area contributed by atoms with E-state index >= 15 is 0 Å². The van der Waals surface area contributed by atoms with Crippen molar-refractivity contribution in [1.29, 1.82) is 0 Å². The van der Waals surface area contributed by atoms with E-state index in [-0.39, 0.29) is 23.7 Å². The minimum atomic E-state index is -0.0208. The standard InChI is InChI=1S/C23H22ClN3O2S2/c24-16-4-1-3-14(9-16)21-11-26-22(31-21)15-12-27(13-15)23(29)20-7-6-17(30-20)10-19(28)18-5-2-8-25-18/h1,3-4,6-7,9,11,15,18,25H,2,5,8,10,12-13H2/t18-/m0/s1. The molecule has 0 saturated carbocycles. The van der Waals surface area contributed by atoms with Gasteiger partial charge in [-0.1, -0.05) is 23.7 Å². The maximum atomic E-state index is 12.8. The van der Waals surface area contributed by atoms with Crippen molar-refractivity contribution in [3.05, 3.63) is 62.4 Å². The molecule has 2 saturated heterocycles. The molecule has 5 nitrogen and oxygen atoms in total. The summed E-state index contributed by atoms with van der Waals surface area (Å²) in [6, 6.07) is 11.5. The number of nitrogens with one attached hydrogen (secondary N) is 1. The second-order valence-corrected chi connectivity index (χ2v) is 10.7. The fraction of sp³-hybridized carbons (Fsp3) is 0.348. The lowest BCUT2D eigenvalue weighted by atomic mass is 10.0. The average molecular weight is 472 g/mol. The highest BCUT2D eigenvalue weighted by Crippen LogP contribution is 2.36. The zero-order valence-electron chi connectivity index (χ0n) is 16.8. The van der Waals surface area contributed by atoms with Crippen LogP contribution in [0.15, 0.2) is 42.6 Å². The lowest BCUT2D eigenvalue weighted by Crippen LogP contribution is -2.48. The normalized spacial score (nSPS) is 18.9. The van der Waals surface area contributed by atoms with Gasteiger partial charge in [0.1, 0.15) is 0 Å². The number of hydrogen-bond acceptors (Lipinski definition) is 6. The van der Waals surface area contributed by atoms with Gasteiger partial charge in [0, 0.05) is 41.5 Å². The topological polar surface area (TPSA) is 62.3 Å². The monoisotopic (exact) mass is 471 g/mol. The molecule has 3 aromatic rings. The molecule has 2 aromatic heterocycles. The molecule has 2 aliphatic rings. The van der Waals surface area contributed by atoms with Crippen LogP contribution in [0.4, 0.5) is 0 Å². The molecule has 0 unspecified atom stereocenters. The zero-order valence-corrected chi connectivity index (χ0v) is 19.2. The Balaban J connectivity index is 1.17. The lowest BCUT2D eigenvalue weighted by Gasteiger charge is -2.37. The van der Waals surface area contributed by atoms with Crippen LogP contribution in [-0.4, -0.2) is 47.3 Å². The van der Waals surface area contributed by atoms with Gasteiger partial charge in [-0.3, -0.25) is 9.59 Å². The Hall–Kier alpha value is -2.06. The molecule has 4 heterocycles. The molecule has 160 valence electrons. The van der Waals surface area contributed by atoms with Crippen molar-refractivity contribution in [1.82, 2.24) is 15.2 Å². The van der Waals surface area contributed by atoms with E-state index in [9.17, 15) is 9.59 Å². The molecule has 8 heteroatoms. The summed E-state index contributed by atoms with van der Waals surface area (Å²) in [5.41, 5.74) is 1.07. The second kappa shape index (κ2) is 8.82. The summed E-state index contributed by atoms with van der Waals surface area (Å²) in [6.07, 6.45) is 4.27. The van der Waals surface area contributed by atoms with Gasteiger partial charge in [-0.25, -0.2) is 4.98 Å². The predicted octanol–water partition coefficient (Wildman–Crippen LogP) is 4.63.